The molecule has 0 aromatic carbocycles. The van der Waals surface area contributed by atoms with Gasteiger partial charge in [-0.1, -0.05) is 13.0 Å². The summed E-state index contributed by atoms with van der Waals surface area (Å²) >= 11 is 0. The Kier molecular flexibility index (Phi) is 5.49. The van der Waals surface area contributed by atoms with E-state index in [1.807, 2.05) is 0 Å². The molecule has 0 unspecified atom stereocenters. The molecule has 0 radical (unpaired) electrons. The van der Waals surface area contributed by atoms with E-state index in [2.05, 4.69) is 21.9 Å². The lowest BCUT2D eigenvalue weighted by atomic mass is 10.4. The zero-order valence-electron chi connectivity index (χ0n) is 11.9. The van der Waals surface area contributed by atoms with Gasteiger partial charge in [-0.25, -0.2) is 13.1 Å². The first-order chi connectivity index (χ1) is 10.1. The summed E-state index contributed by atoms with van der Waals surface area (Å²) in [5, 5.41) is 3.08. The molecule has 0 aliphatic carbocycles. The van der Waals surface area contributed by atoms with Crippen LogP contribution in [0.1, 0.15) is 24.8 Å². The van der Waals surface area contributed by atoms with E-state index in [0.717, 1.165) is 13.0 Å². The number of hydrogen-bond acceptors (Lipinski definition) is 5. The average Bonchev–Trinajstić information content (AvgIpc) is 2.96. The standard InChI is InChI=1S/C14H19N3O3S/c1-2-8-15-11-13-6-7-14(20-13)21(18,19)17-10-12-5-3-4-9-16-12/h3-7,9,15,17H,2,8,10-11H2,1H3. The van der Waals surface area contributed by atoms with E-state index in [1.165, 1.54) is 6.07 Å². The topological polar surface area (TPSA) is 84.2 Å². The third-order valence-electron chi connectivity index (χ3n) is 2.80. The predicted molar refractivity (Wildman–Crippen MR) is 79.0 cm³/mol. The lowest BCUT2D eigenvalue weighted by Crippen LogP contribution is -2.23. The molecule has 0 fully saturated rings. The van der Waals surface area contributed by atoms with Gasteiger partial charge in [-0.15, -0.1) is 0 Å². The summed E-state index contributed by atoms with van der Waals surface area (Å²) in [5.74, 6) is 0.599. The van der Waals surface area contributed by atoms with Gasteiger partial charge in [0.15, 0.2) is 0 Å². The number of aromatic nitrogens is 1. The van der Waals surface area contributed by atoms with Crippen LogP contribution < -0.4 is 10.0 Å². The lowest BCUT2D eigenvalue weighted by molar-refractivity contribution is 0.400. The zero-order valence-corrected chi connectivity index (χ0v) is 12.7. The molecule has 0 saturated heterocycles. The Bertz CT molecular complexity index is 653. The maximum Gasteiger partial charge on any atom is 0.274 e. The predicted octanol–water partition coefficient (Wildman–Crippen LogP) is 1.65. The van der Waals surface area contributed by atoms with Gasteiger partial charge in [0.1, 0.15) is 5.76 Å². The quantitative estimate of drug-likeness (QED) is 0.724. The fourth-order valence-electron chi connectivity index (χ4n) is 1.73. The minimum absolute atomic E-state index is 0.0771. The van der Waals surface area contributed by atoms with Crippen molar-refractivity contribution in [2.75, 3.05) is 6.54 Å². The number of nitrogens with one attached hydrogen (secondary N) is 2. The Morgan fingerprint density at radius 3 is 2.76 bits per heavy atom. The van der Waals surface area contributed by atoms with Crippen molar-refractivity contribution in [3.05, 3.63) is 48.0 Å². The second-order valence-corrected chi connectivity index (χ2v) is 6.24. The van der Waals surface area contributed by atoms with E-state index in [0.29, 0.717) is 18.0 Å². The molecule has 7 heteroatoms. The van der Waals surface area contributed by atoms with E-state index in [9.17, 15) is 8.42 Å². The number of nitrogens with zero attached hydrogens (tertiary/aromatic N) is 1. The van der Waals surface area contributed by atoms with Crippen LogP contribution in [0.15, 0.2) is 46.0 Å². The highest BCUT2D eigenvalue weighted by molar-refractivity contribution is 7.89. The second-order valence-electron chi connectivity index (χ2n) is 4.54. The molecule has 2 N–H and O–H groups in total. The Labute approximate surface area is 124 Å². The molecule has 2 rings (SSSR count). The van der Waals surface area contributed by atoms with Crippen molar-refractivity contribution in [1.82, 2.24) is 15.0 Å². The van der Waals surface area contributed by atoms with Gasteiger partial charge in [-0.2, -0.15) is 0 Å². The molecule has 0 atom stereocenters. The van der Waals surface area contributed by atoms with Gasteiger partial charge in [0.25, 0.3) is 10.0 Å². The highest BCUT2D eigenvalue weighted by Gasteiger charge is 2.18. The summed E-state index contributed by atoms with van der Waals surface area (Å²) in [5.41, 5.74) is 0.650. The van der Waals surface area contributed by atoms with Gasteiger partial charge in [0.05, 0.1) is 18.8 Å². The summed E-state index contributed by atoms with van der Waals surface area (Å²) in [4.78, 5) is 4.06. The Hall–Kier alpha value is -1.70. The molecule has 21 heavy (non-hydrogen) atoms. The van der Waals surface area contributed by atoms with Crippen molar-refractivity contribution in [1.29, 1.82) is 0 Å². The van der Waals surface area contributed by atoms with Gasteiger partial charge < -0.3 is 9.73 Å². The summed E-state index contributed by atoms with van der Waals surface area (Å²) in [6.07, 6.45) is 2.63. The molecule has 2 aromatic heterocycles. The maximum absolute atomic E-state index is 12.1. The minimum Gasteiger partial charge on any atom is -0.447 e. The van der Waals surface area contributed by atoms with E-state index in [1.54, 1.807) is 30.5 Å². The van der Waals surface area contributed by atoms with Crippen molar-refractivity contribution in [2.45, 2.75) is 31.5 Å². The zero-order chi connectivity index (χ0) is 15.1. The number of pyridine rings is 1. The van der Waals surface area contributed by atoms with Crippen LogP contribution >= 0.6 is 0 Å². The Morgan fingerprint density at radius 1 is 1.19 bits per heavy atom. The first kappa shape index (κ1) is 15.7. The van der Waals surface area contributed by atoms with Crippen LogP contribution in [-0.4, -0.2) is 19.9 Å². The highest BCUT2D eigenvalue weighted by Crippen LogP contribution is 2.14. The average molecular weight is 309 g/mol. The monoisotopic (exact) mass is 309 g/mol. The molecule has 0 aliphatic heterocycles. The van der Waals surface area contributed by atoms with Crippen LogP contribution in [0, 0.1) is 0 Å². The van der Waals surface area contributed by atoms with Crippen molar-refractivity contribution in [2.24, 2.45) is 0 Å². The first-order valence-electron chi connectivity index (χ1n) is 6.81. The molecule has 114 valence electrons. The minimum atomic E-state index is -3.65. The summed E-state index contributed by atoms with van der Waals surface area (Å²) < 4.78 is 32.0. The van der Waals surface area contributed by atoms with E-state index in [-0.39, 0.29) is 11.6 Å². The molecular formula is C14H19N3O3S. The van der Waals surface area contributed by atoms with Gasteiger partial charge in [-0.05, 0) is 37.2 Å². The van der Waals surface area contributed by atoms with E-state index < -0.39 is 10.0 Å². The molecule has 2 heterocycles. The number of sulfonamides is 1. The summed E-state index contributed by atoms with van der Waals surface area (Å²) in [6, 6.07) is 8.47. The van der Waals surface area contributed by atoms with Crippen LogP contribution in [0.4, 0.5) is 0 Å². The lowest BCUT2D eigenvalue weighted by Gasteiger charge is -2.04. The van der Waals surface area contributed by atoms with Crippen molar-refractivity contribution >= 4 is 10.0 Å². The normalized spacial score (nSPS) is 11.7. The highest BCUT2D eigenvalue weighted by atomic mass is 32.2. The largest absolute Gasteiger partial charge is 0.447 e. The van der Waals surface area contributed by atoms with Crippen LogP contribution in [-0.2, 0) is 23.1 Å². The molecule has 0 spiro atoms. The molecule has 2 aromatic rings. The fourth-order valence-corrected chi connectivity index (χ4v) is 2.67. The number of hydrogen-bond donors (Lipinski definition) is 2. The van der Waals surface area contributed by atoms with E-state index in [4.69, 9.17) is 4.42 Å². The van der Waals surface area contributed by atoms with Crippen LogP contribution in [0.5, 0.6) is 0 Å². The van der Waals surface area contributed by atoms with Gasteiger partial charge in [0, 0.05) is 6.20 Å². The molecule has 0 bridgehead atoms. The van der Waals surface area contributed by atoms with Crippen molar-refractivity contribution in [3.63, 3.8) is 0 Å². The molecule has 0 saturated carbocycles. The van der Waals surface area contributed by atoms with Gasteiger partial charge in [-0.3, -0.25) is 4.98 Å². The first-order valence-corrected chi connectivity index (χ1v) is 8.29. The summed E-state index contributed by atoms with van der Waals surface area (Å²) in [6.45, 7) is 3.57. The maximum atomic E-state index is 12.1. The SMILES string of the molecule is CCCNCc1ccc(S(=O)(=O)NCc2ccccn2)o1. The summed E-state index contributed by atoms with van der Waals surface area (Å²) in [7, 11) is -3.65. The van der Waals surface area contributed by atoms with E-state index >= 15 is 0 Å². The molecule has 0 aliphatic rings. The van der Waals surface area contributed by atoms with Crippen molar-refractivity contribution < 1.29 is 12.8 Å². The smallest absolute Gasteiger partial charge is 0.274 e. The number of rotatable bonds is 8. The third kappa shape index (κ3) is 4.66. The Morgan fingerprint density at radius 2 is 2.05 bits per heavy atom. The van der Waals surface area contributed by atoms with Crippen molar-refractivity contribution in [3.8, 4) is 0 Å². The van der Waals surface area contributed by atoms with Crippen LogP contribution in [0.3, 0.4) is 0 Å². The Balaban J connectivity index is 1.96. The second kappa shape index (κ2) is 7.35. The molecule has 6 nitrogen and oxygen atoms in total. The molecule has 0 amide bonds. The van der Waals surface area contributed by atoms with Gasteiger partial charge >= 0.3 is 0 Å². The van der Waals surface area contributed by atoms with Crippen LogP contribution in [0.25, 0.3) is 0 Å². The number of furan rings is 1. The third-order valence-corrected chi connectivity index (χ3v) is 4.07. The van der Waals surface area contributed by atoms with Crippen LogP contribution in [0.2, 0.25) is 0 Å². The van der Waals surface area contributed by atoms with Gasteiger partial charge in [0.2, 0.25) is 5.09 Å². The molecular weight excluding hydrogens is 290 g/mol. The fraction of sp³-hybridized carbons (Fsp3) is 0.357.